The van der Waals surface area contributed by atoms with Gasteiger partial charge < -0.3 is 0 Å². The van der Waals surface area contributed by atoms with E-state index in [0.29, 0.717) is 0 Å². The Hall–Kier alpha value is -1.66. The van der Waals surface area contributed by atoms with Gasteiger partial charge in [0.1, 0.15) is 0 Å². The molecule has 0 aromatic heterocycles. The van der Waals surface area contributed by atoms with Gasteiger partial charge in [-0.15, -0.1) is 0 Å². The second-order valence-corrected chi connectivity index (χ2v) is 4.50. The number of hydrogen-bond acceptors (Lipinski definition) is 2. The minimum Gasteiger partial charge on any atom is -0.211 e. The molecule has 0 aliphatic carbocycles. The van der Waals surface area contributed by atoms with E-state index in [0.717, 1.165) is 6.42 Å². The van der Waals surface area contributed by atoms with Crippen molar-refractivity contribution in [3.63, 3.8) is 0 Å². The number of nitrogens with zero attached hydrogens (tertiary/aromatic N) is 1. The first-order valence-corrected chi connectivity index (χ1v) is 5.90. The third-order valence-electron chi connectivity index (χ3n) is 2.89. The summed E-state index contributed by atoms with van der Waals surface area (Å²) in [4.78, 5) is 14.4. The summed E-state index contributed by atoms with van der Waals surface area (Å²) in [5.74, 6) is 0.230. The summed E-state index contributed by atoms with van der Waals surface area (Å²) in [7, 11) is 0. The first kappa shape index (κ1) is 13.4. The van der Waals surface area contributed by atoms with Crippen LogP contribution in [0.15, 0.2) is 47.0 Å². The molecule has 2 atom stereocenters. The highest BCUT2D eigenvalue weighted by atomic mass is 16.1. The van der Waals surface area contributed by atoms with Crippen molar-refractivity contribution in [1.29, 1.82) is 0 Å². The normalized spacial score (nSPS) is 13.4. The molecular formula is C15H19NO. The molecule has 0 unspecified atom stereocenters. The van der Waals surface area contributed by atoms with Crippen molar-refractivity contribution < 1.29 is 4.79 Å². The highest BCUT2D eigenvalue weighted by Crippen LogP contribution is 2.23. The SMILES string of the molecule is CC(C)=CC[C@@H](N=C=O)[C@H](C)c1ccccc1. The number of allylic oxidation sites excluding steroid dienone is 1. The van der Waals surface area contributed by atoms with Crippen LogP contribution in [0, 0.1) is 0 Å². The van der Waals surface area contributed by atoms with E-state index in [1.807, 2.05) is 18.2 Å². The Morgan fingerprint density at radius 1 is 1.35 bits per heavy atom. The van der Waals surface area contributed by atoms with E-state index in [-0.39, 0.29) is 12.0 Å². The molecule has 90 valence electrons. The van der Waals surface area contributed by atoms with Gasteiger partial charge in [0.2, 0.25) is 6.08 Å². The fraction of sp³-hybridized carbons (Fsp3) is 0.400. The van der Waals surface area contributed by atoms with E-state index < -0.39 is 0 Å². The van der Waals surface area contributed by atoms with Crippen LogP contribution < -0.4 is 0 Å². The first-order chi connectivity index (χ1) is 8.15. The Labute approximate surface area is 103 Å². The van der Waals surface area contributed by atoms with Gasteiger partial charge in [0.25, 0.3) is 0 Å². The molecule has 0 saturated carbocycles. The van der Waals surface area contributed by atoms with Gasteiger partial charge in [0.05, 0.1) is 6.04 Å². The monoisotopic (exact) mass is 229 g/mol. The number of benzene rings is 1. The molecule has 0 saturated heterocycles. The van der Waals surface area contributed by atoms with Crippen LogP contribution in [0.1, 0.15) is 38.7 Å². The maximum absolute atomic E-state index is 10.5. The van der Waals surface area contributed by atoms with Crippen molar-refractivity contribution in [1.82, 2.24) is 0 Å². The standard InChI is InChI=1S/C15H19NO/c1-12(2)9-10-15(16-11-17)13(3)14-7-5-4-6-8-14/h4-9,13,15H,10H2,1-3H3/t13-,15-/m1/s1. The zero-order chi connectivity index (χ0) is 12.7. The zero-order valence-corrected chi connectivity index (χ0v) is 10.7. The molecule has 0 aliphatic rings. The second kappa shape index (κ2) is 6.82. The van der Waals surface area contributed by atoms with Crippen molar-refractivity contribution in [2.45, 2.75) is 39.2 Å². The average Bonchev–Trinajstić information content (AvgIpc) is 2.34. The smallest absolute Gasteiger partial charge is 0.211 e. The lowest BCUT2D eigenvalue weighted by Crippen LogP contribution is -2.13. The summed E-state index contributed by atoms with van der Waals surface area (Å²) in [6.45, 7) is 6.20. The molecule has 0 bridgehead atoms. The molecular weight excluding hydrogens is 210 g/mol. The van der Waals surface area contributed by atoms with E-state index in [9.17, 15) is 4.79 Å². The Balaban J connectivity index is 2.84. The molecule has 2 heteroatoms. The van der Waals surface area contributed by atoms with Crippen LogP contribution in [0.4, 0.5) is 0 Å². The van der Waals surface area contributed by atoms with Crippen molar-refractivity contribution in [3.05, 3.63) is 47.5 Å². The largest absolute Gasteiger partial charge is 0.235 e. The summed E-state index contributed by atoms with van der Waals surface area (Å²) < 4.78 is 0. The predicted molar refractivity (Wildman–Crippen MR) is 70.8 cm³/mol. The Kier molecular flexibility index (Phi) is 5.38. The molecule has 1 aromatic rings. The van der Waals surface area contributed by atoms with Crippen LogP contribution in [0.3, 0.4) is 0 Å². The quantitative estimate of drug-likeness (QED) is 0.428. The van der Waals surface area contributed by atoms with E-state index in [2.05, 4.69) is 44.0 Å². The fourth-order valence-corrected chi connectivity index (χ4v) is 1.77. The van der Waals surface area contributed by atoms with E-state index >= 15 is 0 Å². The fourth-order valence-electron chi connectivity index (χ4n) is 1.77. The highest BCUT2D eigenvalue weighted by Gasteiger charge is 2.16. The summed E-state index contributed by atoms with van der Waals surface area (Å²) in [5.41, 5.74) is 2.45. The topological polar surface area (TPSA) is 29.4 Å². The van der Waals surface area contributed by atoms with Gasteiger partial charge in [-0.25, -0.2) is 9.79 Å². The van der Waals surface area contributed by atoms with E-state index in [1.165, 1.54) is 11.1 Å². The van der Waals surface area contributed by atoms with Gasteiger partial charge in [-0.2, -0.15) is 0 Å². The van der Waals surface area contributed by atoms with Crippen LogP contribution in [0.2, 0.25) is 0 Å². The van der Waals surface area contributed by atoms with Gasteiger partial charge in [0.15, 0.2) is 0 Å². The zero-order valence-electron chi connectivity index (χ0n) is 10.7. The lowest BCUT2D eigenvalue weighted by atomic mass is 9.91. The third-order valence-corrected chi connectivity index (χ3v) is 2.89. The number of aliphatic imine (C=N–C) groups is 1. The predicted octanol–water partition coefficient (Wildman–Crippen LogP) is 3.85. The highest BCUT2D eigenvalue weighted by molar-refractivity contribution is 5.35. The molecule has 0 fully saturated rings. The third kappa shape index (κ3) is 4.38. The Bertz CT molecular complexity index is 412. The van der Waals surface area contributed by atoms with Crippen LogP contribution in [-0.4, -0.2) is 12.1 Å². The Morgan fingerprint density at radius 2 is 2.00 bits per heavy atom. The lowest BCUT2D eigenvalue weighted by molar-refractivity contribution is 0.536. The minimum atomic E-state index is -0.0233. The molecule has 17 heavy (non-hydrogen) atoms. The van der Waals surface area contributed by atoms with Crippen LogP contribution in [0.25, 0.3) is 0 Å². The Morgan fingerprint density at radius 3 is 2.53 bits per heavy atom. The maximum Gasteiger partial charge on any atom is 0.235 e. The lowest BCUT2D eigenvalue weighted by Gasteiger charge is -2.18. The van der Waals surface area contributed by atoms with Crippen molar-refractivity contribution in [2.24, 2.45) is 4.99 Å². The maximum atomic E-state index is 10.5. The second-order valence-electron chi connectivity index (χ2n) is 4.50. The first-order valence-electron chi connectivity index (χ1n) is 5.90. The van der Waals surface area contributed by atoms with Crippen molar-refractivity contribution >= 4 is 6.08 Å². The molecule has 0 radical (unpaired) electrons. The van der Waals surface area contributed by atoms with Crippen LogP contribution in [0.5, 0.6) is 0 Å². The van der Waals surface area contributed by atoms with E-state index in [1.54, 1.807) is 6.08 Å². The van der Waals surface area contributed by atoms with E-state index in [4.69, 9.17) is 0 Å². The molecule has 1 aromatic carbocycles. The number of rotatable bonds is 5. The average molecular weight is 229 g/mol. The van der Waals surface area contributed by atoms with Crippen LogP contribution >= 0.6 is 0 Å². The van der Waals surface area contributed by atoms with Crippen molar-refractivity contribution in [3.8, 4) is 0 Å². The molecule has 0 aliphatic heterocycles. The molecule has 0 heterocycles. The molecule has 0 amide bonds. The number of hydrogen-bond donors (Lipinski definition) is 0. The van der Waals surface area contributed by atoms with Gasteiger partial charge in [-0.1, -0.05) is 48.9 Å². The molecule has 0 spiro atoms. The molecule has 1 rings (SSSR count). The number of isocyanates is 1. The summed E-state index contributed by atoms with van der Waals surface area (Å²) in [5, 5.41) is 0. The van der Waals surface area contributed by atoms with Gasteiger partial charge >= 0.3 is 0 Å². The van der Waals surface area contributed by atoms with Gasteiger partial charge in [0, 0.05) is 5.92 Å². The summed E-state index contributed by atoms with van der Waals surface area (Å²) in [6.07, 6.45) is 4.59. The van der Waals surface area contributed by atoms with Gasteiger partial charge in [-0.05, 0) is 25.8 Å². The van der Waals surface area contributed by atoms with Crippen LogP contribution in [-0.2, 0) is 4.79 Å². The van der Waals surface area contributed by atoms with Crippen molar-refractivity contribution in [2.75, 3.05) is 0 Å². The minimum absolute atomic E-state index is 0.0233. The number of carbonyl (C=O) groups excluding carboxylic acids is 1. The molecule has 2 nitrogen and oxygen atoms in total. The summed E-state index contributed by atoms with van der Waals surface area (Å²) >= 11 is 0. The summed E-state index contributed by atoms with van der Waals surface area (Å²) in [6, 6.07) is 10.1. The molecule has 0 N–H and O–H groups in total. The van der Waals surface area contributed by atoms with Gasteiger partial charge in [-0.3, -0.25) is 0 Å².